The normalized spacial score (nSPS) is 12.9. The second kappa shape index (κ2) is 6.18. The highest BCUT2D eigenvalue weighted by atomic mass is 32.2. The number of benzene rings is 2. The molecule has 1 unspecified atom stereocenters. The lowest BCUT2D eigenvalue weighted by atomic mass is 10.0. The van der Waals surface area contributed by atoms with Crippen LogP contribution >= 0.6 is 0 Å². The Bertz CT molecular complexity index is 699. The molecule has 112 valence electrons. The SMILES string of the molecule is CC(CS(=O)(=O)N(C)c1ccccc1N)c1ccccc1. The zero-order valence-electron chi connectivity index (χ0n) is 12.2. The minimum absolute atomic E-state index is 0.0435. The van der Waals surface area contributed by atoms with Gasteiger partial charge >= 0.3 is 0 Å². The van der Waals surface area contributed by atoms with Gasteiger partial charge in [0.2, 0.25) is 10.0 Å². The van der Waals surface area contributed by atoms with Crippen LogP contribution in [0.15, 0.2) is 54.6 Å². The molecule has 2 rings (SSSR count). The summed E-state index contributed by atoms with van der Waals surface area (Å²) in [5.41, 5.74) is 7.83. The lowest BCUT2D eigenvalue weighted by Crippen LogP contribution is -2.31. The van der Waals surface area contributed by atoms with Gasteiger partial charge in [-0.05, 0) is 23.6 Å². The first kappa shape index (κ1) is 15.4. The van der Waals surface area contributed by atoms with Crippen LogP contribution in [0, 0.1) is 0 Å². The largest absolute Gasteiger partial charge is 0.397 e. The summed E-state index contributed by atoms with van der Waals surface area (Å²) >= 11 is 0. The highest BCUT2D eigenvalue weighted by Gasteiger charge is 2.23. The quantitative estimate of drug-likeness (QED) is 0.864. The molecule has 0 fully saturated rings. The first-order chi connectivity index (χ1) is 9.92. The predicted octanol–water partition coefficient (Wildman–Crippen LogP) is 2.84. The standard InChI is InChI=1S/C16H20N2O2S/c1-13(14-8-4-3-5-9-14)12-21(19,20)18(2)16-11-7-6-10-15(16)17/h3-11,13H,12,17H2,1-2H3. The lowest BCUT2D eigenvalue weighted by molar-refractivity contribution is 0.589. The third-order valence-electron chi connectivity index (χ3n) is 3.52. The molecule has 0 aliphatic rings. The van der Waals surface area contributed by atoms with Crippen molar-refractivity contribution in [2.75, 3.05) is 22.8 Å². The average Bonchev–Trinajstić information content (AvgIpc) is 2.47. The molecule has 2 aromatic rings. The second-order valence-corrected chi connectivity index (χ2v) is 7.16. The van der Waals surface area contributed by atoms with Crippen LogP contribution in [0.3, 0.4) is 0 Å². The molecule has 0 radical (unpaired) electrons. The van der Waals surface area contributed by atoms with E-state index < -0.39 is 10.0 Å². The molecular formula is C16H20N2O2S. The van der Waals surface area contributed by atoms with Crippen molar-refractivity contribution >= 4 is 21.4 Å². The number of nitrogen functional groups attached to an aromatic ring is 1. The van der Waals surface area contributed by atoms with Crippen LogP contribution in [0.2, 0.25) is 0 Å². The number of hydrogen-bond acceptors (Lipinski definition) is 3. The summed E-state index contributed by atoms with van der Waals surface area (Å²) in [5.74, 6) is -0.0365. The second-order valence-electron chi connectivity index (χ2n) is 5.12. The molecule has 0 aliphatic heterocycles. The highest BCUT2D eigenvalue weighted by molar-refractivity contribution is 7.92. The molecule has 0 saturated carbocycles. The van der Waals surface area contributed by atoms with E-state index in [4.69, 9.17) is 5.73 Å². The third-order valence-corrected chi connectivity index (χ3v) is 5.47. The number of anilines is 2. The van der Waals surface area contributed by atoms with Crippen LogP contribution in [0.5, 0.6) is 0 Å². The molecule has 0 heterocycles. The van der Waals surface area contributed by atoms with Gasteiger partial charge in [0, 0.05) is 7.05 Å². The smallest absolute Gasteiger partial charge is 0.235 e. The topological polar surface area (TPSA) is 63.4 Å². The van der Waals surface area contributed by atoms with Gasteiger partial charge in [0.1, 0.15) is 0 Å². The number of nitrogens with two attached hydrogens (primary N) is 1. The zero-order valence-corrected chi connectivity index (χ0v) is 13.0. The number of hydrogen-bond donors (Lipinski definition) is 1. The molecule has 2 aromatic carbocycles. The van der Waals surface area contributed by atoms with E-state index in [0.717, 1.165) is 5.56 Å². The van der Waals surface area contributed by atoms with Crippen molar-refractivity contribution in [3.8, 4) is 0 Å². The molecule has 0 bridgehead atoms. The van der Waals surface area contributed by atoms with E-state index in [1.165, 1.54) is 4.31 Å². The number of nitrogens with zero attached hydrogens (tertiary/aromatic N) is 1. The monoisotopic (exact) mass is 304 g/mol. The van der Waals surface area contributed by atoms with Crippen molar-refractivity contribution in [1.29, 1.82) is 0 Å². The Morgan fingerprint density at radius 3 is 2.24 bits per heavy atom. The Balaban J connectivity index is 2.21. The van der Waals surface area contributed by atoms with Crippen LogP contribution < -0.4 is 10.0 Å². The highest BCUT2D eigenvalue weighted by Crippen LogP contribution is 2.26. The van der Waals surface area contributed by atoms with E-state index in [0.29, 0.717) is 11.4 Å². The Kier molecular flexibility index (Phi) is 4.53. The summed E-state index contributed by atoms with van der Waals surface area (Å²) in [4.78, 5) is 0. The maximum Gasteiger partial charge on any atom is 0.235 e. The van der Waals surface area contributed by atoms with Gasteiger partial charge in [-0.3, -0.25) is 4.31 Å². The summed E-state index contributed by atoms with van der Waals surface area (Å²) in [5, 5.41) is 0. The minimum Gasteiger partial charge on any atom is -0.397 e. The Morgan fingerprint density at radius 2 is 1.62 bits per heavy atom. The molecule has 21 heavy (non-hydrogen) atoms. The molecule has 1 atom stereocenters. The summed E-state index contributed by atoms with van der Waals surface area (Å²) < 4.78 is 26.3. The average molecular weight is 304 g/mol. The molecule has 0 spiro atoms. The van der Waals surface area contributed by atoms with Crippen molar-refractivity contribution < 1.29 is 8.42 Å². The van der Waals surface area contributed by atoms with Gasteiger partial charge in [-0.25, -0.2) is 8.42 Å². The Morgan fingerprint density at radius 1 is 1.05 bits per heavy atom. The zero-order chi connectivity index (χ0) is 15.5. The van der Waals surface area contributed by atoms with Gasteiger partial charge in [-0.2, -0.15) is 0 Å². The van der Waals surface area contributed by atoms with Crippen LogP contribution in [-0.4, -0.2) is 21.2 Å². The van der Waals surface area contributed by atoms with E-state index in [2.05, 4.69) is 0 Å². The van der Waals surface area contributed by atoms with Gasteiger partial charge in [-0.15, -0.1) is 0 Å². The molecule has 0 aliphatic carbocycles. The molecule has 0 saturated heterocycles. The molecule has 5 heteroatoms. The van der Waals surface area contributed by atoms with E-state index in [-0.39, 0.29) is 11.7 Å². The van der Waals surface area contributed by atoms with Crippen molar-refractivity contribution in [2.45, 2.75) is 12.8 Å². The van der Waals surface area contributed by atoms with E-state index in [1.54, 1.807) is 31.3 Å². The van der Waals surface area contributed by atoms with Gasteiger partial charge in [-0.1, -0.05) is 49.4 Å². The van der Waals surface area contributed by atoms with E-state index in [9.17, 15) is 8.42 Å². The number of sulfonamides is 1. The maximum absolute atomic E-state index is 12.5. The fourth-order valence-electron chi connectivity index (χ4n) is 2.23. The van der Waals surface area contributed by atoms with E-state index >= 15 is 0 Å². The van der Waals surface area contributed by atoms with Crippen LogP contribution in [-0.2, 0) is 10.0 Å². The van der Waals surface area contributed by atoms with Gasteiger partial charge in [0.05, 0.1) is 17.1 Å². The summed E-state index contributed by atoms with van der Waals surface area (Å²) in [7, 11) is -1.89. The van der Waals surface area contributed by atoms with Crippen molar-refractivity contribution in [2.24, 2.45) is 0 Å². The molecular weight excluding hydrogens is 284 g/mol. The van der Waals surface area contributed by atoms with Crippen molar-refractivity contribution in [3.63, 3.8) is 0 Å². The molecule has 2 N–H and O–H groups in total. The number of para-hydroxylation sites is 2. The summed E-state index contributed by atoms with van der Waals surface area (Å²) in [6, 6.07) is 16.6. The van der Waals surface area contributed by atoms with Crippen LogP contribution in [0.1, 0.15) is 18.4 Å². The fourth-order valence-corrected chi connectivity index (χ4v) is 3.74. The Hall–Kier alpha value is -2.01. The predicted molar refractivity (Wildman–Crippen MR) is 87.9 cm³/mol. The maximum atomic E-state index is 12.5. The van der Waals surface area contributed by atoms with Gasteiger partial charge in [0.25, 0.3) is 0 Å². The van der Waals surface area contributed by atoms with Crippen molar-refractivity contribution in [3.05, 3.63) is 60.2 Å². The third kappa shape index (κ3) is 3.55. The van der Waals surface area contributed by atoms with Gasteiger partial charge in [0.15, 0.2) is 0 Å². The molecule has 4 nitrogen and oxygen atoms in total. The summed E-state index contributed by atoms with van der Waals surface area (Å²) in [6.07, 6.45) is 0. The van der Waals surface area contributed by atoms with E-state index in [1.807, 2.05) is 37.3 Å². The van der Waals surface area contributed by atoms with Crippen LogP contribution in [0.25, 0.3) is 0 Å². The minimum atomic E-state index is -3.43. The Labute approximate surface area is 126 Å². The van der Waals surface area contributed by atoms with Gasteiger partial charge < -0.3 is 5.73 Å². The molecule has 0 aromatic heterocycles. The molecule has 0 amide bonds. The summed E-state index contributed by atoms with van der Waals surface area (Å²) in [6.45, 7) is 1.91. The van der Waals surface area contributed by atoms with Crippen LogP contribution in [0.4, 0.5) is 11.4 Å². The number of rotatable bonds is 5. The van der Waals surface area contributed by atoms with Crippen molar-refractivity contribution in [1.82, 2.24) is 0 Å². The first-order valence-electron chi connectivity index (χ1n) is 6.78. The first-order valence-corrected chi connectivity index (χ1v) is 8.39. The lowest BCUT2D eigenvalue weighted by Gasteiger charge is -2.23. The fraction of sp³-hybridized carbons (Fsp3) is 0.250.